The lowest BCUT2D eigenvalue weighted by Crippen LogP contribution is -2.22. The van der Waals surface area contributed by atoms with Crippen molar-refractivity contribution in [3.63, 3.8) is 0 Å². The minimum Gasteiger partial charge on any atom is -0.489 e. The molecule has 2 rings (SSSR count). The number of hydrogen-bond donors (Lipinski definition) is 1. The van der Waals surface area contributed by atoms with Gasteiger partial charge in [-0.15, -0.1) is 0 Å². The van der Waals surface area contributed by atoms with E-state index in [1.165, 1.54) is 7.11 Å². The Kier molecular flexibility index (Phi) is 8.03. The number of esters is 1. The van der Waals surface area contributed by atoms with E-state index in [9.17, 15) is 22.8 Å². The van der Waals surface area contributed by atoms with Gasteiger partial charge in [-0.2, -0.15) is 13.2 Å². The number of anilines is 1. The second kappa shape index (κ2) is 10.3. The van der Waals surface area contributed by atoms with Gasteiger partial charge >= 0.3 is 12.1 Å². The summed E-state index contributed by atoms with van der Waals surface area (Å²) in [6.07, 6.45) is -4.62. The van der Waals surface area contributed by atoms with Crippen molar-refractivity contribution in [2.24, 2.45) is 0 Å². The Hall–Kier alpha value is -3.08. The Morgan fingerprint density at radius 3 is 2.55 bits per heavy atom. The van der Waals surface area contributed by atoms with E-state index in [-0.39, 0.29) is 36.1 Å². The van der Waals surface area contributed by atoms with Crippen LogP contribution in [0.3, 0.4) is 0 Å². The maximum atomic E-state index is 13.0. The van der Waals surface area contributed by atoms with Crippen molar-refractivity contribution in [1.82, 2.24) is 5.16 Å². The molecular formula is C20H23F3N2O6. The summed E-state index contributed by atoms with van der Waals surface area (Å²) in [7, 11) is 1.44. The molecule has 0 spiro atoms. The fraction of sp³-hybridized carbons (Fsp3) is 0.450. The zero-order chi connectivity index (χ0) is 23.2. The van der Waals surface area contributed by atoms with Crippen LogP contribution >= 0.6 is 0 Å². The number of methoxy groups -OCH3 is 1. The summed E-state index contributed by atoms with van der Waals surface area (Å²) in [5.41, 5.74) is -0.761. The molecule has 0 aliphatic carbocycles. The van der Waals surface area contributed by atoms with E-state index in [1.54, 1.807) is 20.8 Å². The number of carbonyl (C=O) groups excluding carboxylic acids is 2. The van der Waals surface area contributed by atoms with Crippen LogP contribution in [0.4, 0.5) is 18.9 Å². The summed E-state index contributed by atoms with van der Waals surface area (Å²) in [4.78, 5) is 24.6. The first kappa shape index (κ1) is 24.2. The molecule has 8 nitrogen and oxygen atoms in total. The van der Waals surface area contributed by atoms with Crippen LogP contribution in [0.5, 0.6) is 5.75 Å². The lowest BCUT2D eigenvalue weighted by Gasteiger charge is -2.15. The number of alkyl halides is 3. The Morgan fingerprint density at radius 2 is 1.94 bits per heavy atom. The molecule has 0 bridgehead atoms. The molecule has 0 aliphatic heterocycles. The van der Waals surface area contributed by atoms with Crippen molar-refractivity contribution >= 4 is 17.6 Å². The largest absolute Gasteiger partial charge is 0.489 e. The normalized spacial score (nSPS) is 11.5. The highest BCUT2D eigenvalue weighted by atomic mass is 19.4. The number of hydrogen-bond acceptors (Lipinski definition) is 7. The lowest BCUT2D eigenvalue weighted by molar-refractivity contribution is -0.137. The van der Waals surface area contributed by atoms with Gasteiger partial charge in [0, 0.05) is 13.0 Å². The van der Waals surface area contributed by atoms with Crippen LogP contribution in [-0.4, -0.2) is 44.0 Å². The predicted molar refractivity (Wildman–Crippen MR) is 103 cm³/mol. The van der Waals surface area contributed by atoms with Gasteiger partial charge in [-0.3, -0.25) is 4.79 Å². The predicted octanol–water partition coefficient (Wildman–Crippen LogP) is 3.95. The highest BCUT2D eigenvalue weighted by Crippen LogP contribution is 2.35. The van der Waals surface area contributed by atoms with Crippen LogP contribution in [0.15, 0.2) is 22.7 Å². The summed E-state index contributed by atoms with van der Waals surface area (Å²) in [6.45, 7) is 4.67. The van der Waals surface area contributed by atoms with Crippen LogP contribution in [0, 0.1) is 6.92 Å². The molecule has 2 aromatic rings. The van der Waals surface area contributed by atoms with Gasteiger partial charge in [0.15, 0.2) is 12.4 Å². The Morgan fingerprint density at radius 1 is 1.23 bits per heavy atom. The molecule has 1 aromatic heterocycles. The van der Waals surface area contributed by atoms with E-state index < -0.39 is 30.2 Å². The number of ether oxygens (including phenoxy) is 3. The third kappa shape index (κ3) is 6.45. The van der Waals surface area contributed by atoms with Crippen molar-refractivity contribution in [3.8, 4) is 5.75 Å². The van der Waals surface area contributed by atoms with E-state index in [0.29, 0.717) is 11.5 Å². The number of carbonyl (C=O) groups is 2. The summed E-state index contributed by atoms with van der Waals surface area (Å²) in [5.74, 6) is -1.48. The van der Waals surface area contributed by atoms with Crippen molar-refractivity contribution in [1.29, 1.82) is 0 Å². The standard InChI is InChI=1S/C20H23F3N2O6/c1-11(2)18-17(12(3)25-31-18)19(27)30-10-16(26)24-14-9-13(20(21,22)23)5-6-15(14)29-8-7-28-4/h5-6,9,11H,7-8,10H2,1-4H3,(H,24,26). The van der Waals surface area contributed by atoms with Crippen LogP contribution in [0.1, 0.15) is 47.1 Å². The zero-order valence-electron chi connectivity index (χ0n) is 17.5. The molecule has 1 aromatic carbocycles. The van der Waals surface area contributed by atoms with Gasteiger partial charge < -0.3 is 24.1 Å². The third-order valence-corrected chi connectivity index (χ3v) is 4.08. The molecule has 0 atom stereocenters. The van der Waals surface area contributed by atoms with E-state index >= 15 is 0 Å². The number of nitrogens with one attached hydrogen (secondary N) is 1. The number of nitrogens with zero attached hydrogens (tertiary/aromatic N) is 1. The monoisotopic (exact) mass is 444 g/mol. The second-order valence-corrected chi connectivity index (χ2v) is 6.84. The molecule has 0 saturated heterocycles. The molecule has 0 radical (unpaired) electrons. The summed E-state index contributed by atoms with van der Waals surface area (Å²) in [5, 5.41) is 6.01. The molecule has 31 heavy (non-hydrogen) atoms. The van der Waals surface area contributed by atoms with E-state index in [1.807, 2.05) is 0 Å². The van der Waals surface area contributed by atoms with Crippen molar-refractivity contribution in [3.05, 3.63) is 40.8 Å². The number of aryl methyl sites for hydroxylation is 1. The topological polar surface area (TPSA) is 99.9 Å². The maximum Gasteiger partial charge on any atom is 0.416 e. The molecule has 1 amide bonds. The van der Waals surface area contributed by atoms with Crippen LogP contribution in [0.25, 0.3) is 0 Å². The second-order valence-electron chi connectivity index (χ2n) is 6.84. The number of rotatable bonds is 9. The Bertz CT molecular complexity index is 924. The molecule has 170 valence electrons. The van der Waals surface area contributed by atoms with Gasteiger partial charge in [0.2, 0.25) is 0 Å². The van der Waals surface area contributed by atoms with Crippen molar-refractivity contribution in [2.75, 3.05) is 32.2 Å². The van der Waals surface area contributed by atoms with Gasteiger partial charge in [-0.1, -0.05) is 19.0 Å². The quantitative estimate of drug-likeness (QED) is 0.462. The number of halogens is 3. The minimum atomic E-state index is -4.62. The zero-order valence-corrected chi connectivity index (χ0v) is 17.5. The fourth-order valence-electron chi connectivity index (χ4n) is 2.58. The van der Waals surface area contributed by atoms with E-state index in [0.717, 1.165) is 18.2 Å². The average Bonchev–Trinajstić information content (AvgIpc) is 3.08. The molecular weight excluding hydrogens is 421 g/mol. The SMILES string of the molecule is COCCOc1ccc(C(F)(F)F)cc1NC(=O)COC(=O)c1c(C)noc1C(C)C. The molecule has 0 saturated carbocycles. The van der Waals surface area contributed by atoms with Gasteiger partial charge in [-0.25, -0.2) is 4.79 Å². The molecule has 1 N–H and O–H groups in total. The molecule has 1 heterocycles. The minimum absolute atomic E-state index is 0.0155. The molecule has 11 heteroatoms. The van der Waals surface area contributed by atoms with E-state index in [2.05, 4.69) is 10.5 Å². The number of amides is 1. The molecule has 0 unspecified atom stereocenters. The number of benzene rings is 1. The average molecular weight is 444 g/mol. The van der Waals surface area contributed by atoms with Crippen LogP contribution < -0.4 is 10.1 Å². The summed E-state index contributed by atoms with van der Waals surface area (Å²) < 4.78 is 59.4. The fourth-order valence-corrected chi connectivity index (χ4v) is 2.58. The smallest absolute Gasteiger partial charge is 0.416 e. The number of aromatic nitrogens is 1. The maximum absolute atomic E-state index is 13.0. The van der Waals surface area contributed by atoms with Crippen molar-refractivity contribution < 1.29 is 41.5 Å². The molecule has 0 fully saturated rings. The van der Waals surface area contributed by atoms with Gasteiger partial charge in [0.1, 0.15) is 17.9 Å². The van der Waals surface area contributed by atoms with Gasteiger partial charge in [0.25, 0.3) is 5.91 Å². The molecule has 0 aliphatic rings. The highest BCUT2D eigenvalue weighted by Gasteiger charge is 2.31. The van der Waals surface area contributed by atoms with Gasteiger partial charge in [-0.05, 0) is 25.1 Å². The van der Waals surface area contributed by atoms with Crippen molar-refractivity contribution in [2.45, 2.75) is 32.9 Å². The first-order chi connectivity index (χ1) is 14.5. The summed E-state index contributed by atoms with van der Waals surface area (Å²) in [6, 6.07) is 2.67. The first-order valence-corrected chi connectivity index (χ1v) is 9.30. The summed E-state index contributed by atoms with van der Waals surface area (Å²) >= 11 is 0. The third-order valence-electron chi connectivity index (χ3n) is 4.08. The van der Waals surface area contributed by atoms with Crippen LogP contribution in [-0.2, 0) is 20.4 Å². The first-order valence-electron chi connectivity index (χ1n) is 9.30. The Labute approximate surface area is 176 Å². The Balaban J connectivity index is 2.11. The highest BCUT2D eigenvalue weighted by molar-refractivity contribution is 5.97. The van der Waals surface area contributed by atoms with Gasteiger partial charge in [0.05, 0.1) is 23.6 Å². The van der Waals surface area contributed by atoms with E-state index in [4.69, 9.17) is 18.7 Å². The lowest BCUT2D eigenvalue weighted by atomic mass is 10.1. The van der Waals surface area contributed by atoms with Crippen LogP contribution in [0.2, 0.25) is 0 Å².